The Labute approximate surface area is 173 Å². The van der Waals surface area contributed by atoms with Gasteiger partial charge in [-0.25, -0.2) is 0 Å². The van der Waals surface area contributed by atoms with Gasteiger partial charge in [0.1, 0.15) is 5.25 Å². The molecular formula is C18H14BrClN4O2S. The Morgan fingerprint density at radius 1 is 1.26 bits per heavy atom. The molecule has 0 aliphatic carbocycles. The van der Waals surface area contributed by atoms with E-state index in [-0.39, 0.29) is 18.2 Å². The number of amides is 2. The molecule has 1 aliphatic rings. The lowest BCUT2D eigenvalue weighted by molar-refractivity contribution is -0.122. The largest absolute Gasteiger partial charge is 0.325 e. The summed E-state index contributed by atoms with van der Waals surface area (Å²) in [4.78, 5) is 24.2. The Hall–Kier alpha value is -2.16. The summed E-state index contributed by atoms with van der Waals surface area (Å²) in [5.41, 5.74) is 1.50. The minimum atomic E-state index is -0.544. The van der Waals surface area contributed by atoms with Crippen LogP contribution >= 0.6 is 39.3 Å². The minimum absolute atomic E-state index is 0.0394. The zero-order valence-electron chi connectivity index (χ0n) is 13.9. The van der Waals surface area contributed by atoms with E-state index in [4.69, 9.17) is 11.6 Å². The standard InChI is InChI=1S/C18H14BrClN4O2S/c19-13-3-1-2-4-14(13)22-16(25)9-15-17(26)23-18(27-15)24-21-10-11-5-7-12(20)8-6-11/h1-8,10,15H,9H2,(H,22,25)(H,23,24,26). The van der Waals surface area contributed by atoms with Crippen LogP contribution in [-0.2, 0) is 9.59 Å². The van der Waals surface area contributed by atoms with Crippen molar-refractivity contribution in [3.63, 3.8) is 0 Å². The van der Waals surface area contributed by atoms with Crippen molar-refractivity contribution in [1.29, 1.82) is 0 Å². The van der Waals surface area contributed by atoms with Gasteiger partial charge >= 0.3 is 0 Å². The highest BCUT2D eigenvalue weighted by Gasteiger charge is 2.32. The van der Waals surface area contributed by atoms with Gasteiger partial charge in [0.05, 0.1) is 11.9 Å². The quantitative estimate of drug-likeness (QED) is 0.516. The Bertz CT molecular complexity index is 918. The predicted molar refractivity (Wildman–Crippen MR) is 113 cm³/mol. The second-order valence-electron chi connectivity index (χ2n) is 5.53. The van der Waals surface area contributed by atoms with E-state index in [9.17, 15) is 9.59 Å². The Balaban J connectivity index is 1.56. The first kappa shape index (κ1) is 19.6. The molecule has 0 bridgehead atoms. The molecule has 6 nitrogen and oxygen atoms in total. The SMILES string of the molecule is O=C(CC1SC(=NN=Cc2ccc(Cl)cc2)NC1=O)Nc1ccccc1Br. The van der Waals surface area contributed by atoms with E-state index >= 15 is 0 Å². The summed E-state index contributed by atoms with van der Waals surface area (Å²) in [5.74, 6) is -0.511. The zero-order valence-corrected chi connectivity index (χ0v) is 17.0. The number of rotatable bonds is 5. The molecule has 1 fully saturated rings. The van der Waals surface area contributed by atoms with Gasteiger partial charge in [0.15, 0.2) is 5.17 Å². The number of nitrogens with zero attached hydrogens (tertiary/aromatic N) is 2. The normalized spacial score (nSPS) is 18.1. The number of hydrogen-bond acceptors (Lipinski definition) is 5. The van der Waals surface area contributed by atoms with Crippen molar-refractivity contribution >= 4 is 68.2 Å². The van der Waals surface area contributed by atoms with Gasteiger partial charge in [-0.2, -0.15) is 5.10 Å². The summed E-state index contributed by atoms with van der Waals surface area (Å²) in [6.45, 7) is 0. The lowest BCUT2D eigenvalue weighted by atomic mass is 10.2. The number of benzene rings is 2. The highest BCUT2D eigenvalue weighted by atomic mass is 79.9. The molecule has 3 rings (SSSR count). The highest BCUT2D eigenvalue weighted by molar-refractivity contribution is 9.10. The van der Waals surface area contributed by atoms with Gasteiger partial charge in [-0.1, -0.05) is 47.6 Å². The van der Waals surface area contributed by atoms with Crippen LogP contribution in [0.25, 0.3) is 0 Å². The summed E-state index contributed by atoms with van der Waals surface area (Å²) in [6, 6.07) is 14.4. The molecule has 27 heavy (non-hydrogen) atoms. The van der Waals surface area contributed by atoms with E-state index in [1.165, 1.54) is 11.8 Å². The summed E-state index contributed by atoms with van der Waals surface area (Å²) in [5, 5.41) is 13.8. The monoisotopic (exact) mass is 464 g/mol. The molecule has 1 saturated heterocycles. The predicted octanol–water partition coefficient (Wildman–Crippen LogP) is 4.05. The molecule has 2 N–H and O–H groups in total. The molecule has 0 aromatic heterocycles. The summed E-state index contributed by atoms with van der Waals surface area (Å²) in [7, 11) is 0. The Morgan fingerprint density at radius 3 is 2.74 bits per heavy atom. The third-order valence-electron chi connectivity index (χ3n) is 3.52. The first-order chi connectivity index (χ1) is 13.0. The molecule has 0 saturated carbocycles. The van der Waals surface area contributed by atoms with Crippen LogP contribution < -0.4 is 10.6 Å². The van der Waals surface area contributed by atoms with E-state index < -0.39 is 5.25 Å². The van der Waals surface area contributed by atoms with E-state index in [1.54, 1.807) is 36.5 Å². The molecule has 1 heterocycles. The molecule has 1 atom stereocenters. The van der Waals surface area contributed by atoms with Gasteiger partial charge in [0.25, 0.3) is 0 Å². The number of para-hydroxylation sites is 1. The molecule has 2 aromatic rings. The zero-order chi connectivity index (χ0) is 19.2. The highest BCUT2D eigenvalue weighted by Crippen LogP contribution is 2.25. The van der Waals surface area contributed by atoms with Crippen molar-refractivity contribution in [2.24, 2.45) is 10.2 Å². The second kappa shape index (κ2) is 9.16. The molecule has 2 aromatic carbocycles. The summed E-state index contributed by atoms with van der Waals surface area (Å²) < 4.78 is 0.778. The van der Waals surface area contributed by atoms with Crippen molar-refractivity contribution in [3.05, 3.63) is 63.6 Å². The van der Waals surface area contributed by atoms with Crippen LogP contribution in [0.5, 0.6) is 0 Å². The number of carbonyl (C=O) groups excluding carboxylic acids is 2. The van der Waals surface area contributed by atoms with Crippen molar-refractivity contribution in [2.75, 3.05) is 5.32 Å². The van der Waals surface area contributed by atoms with Crippen LogP contribution in [0.1, 0.15) is 12.0 Å². The third kappa shape index (κ3) is 5.66. The van der Waals surface area contributed by atoms with Crippen molar-refractivity contribution in [2.45, 2.75) is 11.7 Å². The molecule has 2 amide bonds. The number of carbonyl (C=O) groups is 2. The lowest BCUT2D eigenvalue weighted by Crippen LogP contribution is -2.28. The Kier molecular flexibility index (Phi) is 6.65. The van der Waals surface area contributed by atoms with Crippen LogP contribution in [0.15, 0.2) is 63.2 Å². The number of anilines is 1. The van der Waals surface area contributed by atoms with E-state index in [0.717, 1.165) is 10.0 Å². The molecule has 0 radical (unpaired) electrons. The fraction of sp³-hybridized carbons (Fsp3) is 0.111. The maximum Gasteiger partial charge on any atom is 0.240 e. The van der Waals surface area contributed by atoms with Gasteiger partial charge in [-0.15, -0.1) is 5.10 Å². The van der Waals surface area contributed by atoms with Gasteiger partial charge in [-0.3, -0.25) is 9.59 Å². The van der Waals surface area contributed by atoms with Crippen LogP contribution in [0.4, 0.5) is 5.69 Å². The van der Waals surface area contributed by atoms with Crippen LogP contribution in [0.2, 0.25) is 5.02 Å². The van der Waals surface area contributed by atoms with E-state index in [0.29, 0.717) is 15.9 Å². The first-order valence-electron chi connectivity index (χ1n) is 7.90. The number of hydrogen-bond donors (Lipinski definition) is 2. The number of nitrogens with one attached hydrogen (secondary N) is 2. The molecular weight excluding hydrogens is 452 g/mol. The smallest absolute Gasteiger partial charge is 0.240 e. The number of amidine groups is 1. The average molecular weight is 466 g/mol. The lowest BCUT2D eigenvalue weighted by Gasteiger charge is -2.08. The molecule has 1 aliphatic heterocycles. The fourth-order valence-corrected chi connectivity index (χ4v) is 3.65. The topological polar surface area (TPSA) is 82.9 Å². The van der Waals surface area contributed by atoms with Gasteiger partial charge in [-0.05, 0) is 45.8 Å². The second-order valence-corrected chi connectivity index (χ2v) is 8.01. The van der Waals surface area contributed by atoms with E-state index in [1.807, 2.05) is 18.2 Å². The molecule has 1 unspecified atom stereocenters. The third-order valence-corrected chi connectivity index (χ3v) is 5.54. The molecule has 138 valence electrons. The van der Waals surface area contributed by atoms with Gasteiger partial charge in [0, 0.05) is 15.9 Å². The van der Waals surface area contributed by atoms with Crippen LogP contribution in [0, 0.1) is 0 Å². The number of halogens is 2. The Morgan fingerprint density at radius 2 is 2.00 bits per heavy atom. The van der Waals surface area contributed by atoms with Crippen molar-refractivity contribution in [1.82, 2.24) is 5.32 Å². The minimum Gasteiger partial charge on any atom is -0.325 e. The van der Waals surface area contributed by atoms with Gasteiger partial charge in [0.2, 0.25) is 11.8 Å². The van der Waals surface area contributed by atoms with Crippen LogP contribution in [0.3, 0.4) is 0 Å². The number of thioether (sulfide) groups is 1. The van der Waals surface area contributed by atoms with Gasteiger partial charge < -0.3 is 10.6 Å². The molecule has 9 heteroatoms. The van der Waals surface area contributed by atoms with Crippen LogP contribution in [-0.4, -0.2) is 28.4 Å². The average Bonchev–Trinajstić information content (AvgIpc) is 2.98. The summed E-state index contributed by atoms with van der Waals surface area (Å²) in [6.07, 6.45) is 1.60. The first-order valence-corrected chi connectivity index (χ1v) is 9.95. The van der Waals surface area contributed by atoms with Crippen molar-refractivity contribution < 1.29 is 9.59 Å². The maximum atomic E-state index is 12.2. The maximum absolute atomic E-state index is 12.2. The molecule has 0 spiro atoms. The van der Waals surface area contributed by atoms with E-state index in [2.05, 4.69) is 36.8 Å². The fourth-order valence-electron chi connectivity index (χ4n) is 2.22. The van der Waals surface area contributed by atoms with Crippen molar-refractivity contribution in [3.8, 4) is 0 Å². The summed E-state index contributed by atoms with van der Waals surface area (Å²) >= 11 is 10.4.